The van der Waals surface area contributed by atoms with E-state index in [0.29, 0.717) is 35.8 Å². The third-order valence-electron chi connectivity index (χ3n) is 8.66. The van der Waals surface area contributed by atoms with Crippen molar-refractivity contribution < 1.29 is 14.3 Å². The molecule has 0 saturated carbocycles. The van der Waals surface area contributed by atoms with E-state index < -0.39 is 6.03 Å². The fourth-order valence-electron chi connectivity index (χ4n) is 6.44. The molecule has 0 aromatic heterocycles. The Bertz CT molecular complexity index is 1560. The van der Waals surface area contributed by atoms with Crippen LogP contribution in [0.25, 0.3) is 0 Å². The fraction of sp³-hybridized carbons (Fsp3) is 0.278. The van der Waals surface area contributed by atoms with Crippen LogP contribution in [0, 0.1) is 0 Å². The molecule has 9 nitrogen and oxygen atoms in total. The number of carbonyl (C=O) groups is 2. The standard InChI is InChI=1S/C36H40N6O3/c1-45-33-15-9-8-14-31(33)42(36(37)44)32-26-29(35(43)41-20-18-38-19-21-41)16-17-30(32)39-22-24-40(25-23-39)34(27-10-4-2-5-11-27)28-12-6-3-7-13-28/h2-17,26,34,38H,18-25H2,1H3,(H2,37,44). The van der Waals surface area contributed by atoms with Crippen molar-refractivity contribution in [1.29, 1.82) is 0 Å². The lowest BCUT2D eigenvalue weighted by Crippen LogP contribution is -2.48. The monoisotopic (exact) mass is 604 g/mol. The van der Waals surface area contributed by atoms with Gasteiger partial charge < -0.3 is 25.6 Å². The molecule has 0 atom stereocenters. The molecule has 9 heteroatoms. The summed E-state index contributed by atoms with van der Waals surface area (Å²) in [7, 11) is 1.57. The molecule has 0 aliphatic carbocycles. The van der Waals surface area contributed by atoms with Gasteiger partial charge in [0.25, 0.3) is 5.91 Å². The van der Waals surface area contributed by atoms with Crippen LogP contribution in [0.4, 0.5) is 21.9 Å². The van der Waals surface area contributed by atoms with Crippen LogP contribution in [0.3, 0.4) is 0 Å². The number of benzene rings is 4. The highest BCUT2D eigenvalue weighted by atomic mass is 16.5. The molecule has 2 aliphatic heterocycles. The summed E-state index contributed by atoms with van der Waals surface area (Å²) in [5, 5.41) is 3.30. The molecule has 0 bridgehead atoms. The second-order valence-corrected chi connectivity index (χ2v) is 11.3. The minimum Gasteiger partial charge on any atom is -0.495 e. The van der Waals surface area contributed by atoms with E-state index in [2.05, 4.69) is 63.6 Å². The van der Waals surface area contributed by atoms with E-state index in [1.807, 2.05) is 41.3 Å². The third kappa shape index (κ3) is 6.50. The van der Waals surface area contributed by atoms with Crippen LogP contribution in [0.15, 0.2) is 103 Å². The zero-order valence-electron chi connectivity index (χ0n) is 25.6. The number of nitrogens with one attached hydrogen (secondary N) is 1. The van der Waals surface area contributed by atoms with Crippen molar-refractivity contribution in [1.82, 2.24) is 15.1 Å². The number of para-hydroxylation sites is 2. The van der Waals surface area contributed by atoms with Crippen LogP contribution in [0.5, 0.6) is 5.75 Å². The van der Waals surface area contributed by atoms with Crippen molar-refractivity contribution in [3.63, 3.8) is 0 Å². The molecular formula is C36H40N6O3. The van der Waals surface area contributed by atoms with Gasteiger partial charge in [-0.25, -0.2) is 4.79 Å². The van der Waals surface area contributed by atoms with Gasteiger partial charge in [-0.15, -0.1) is 0 Å². The Balaban J connectivity index is 1.35. The molecule has 0 spiro atoms. The number of amides is 3. The Labute approximate surface area is 264 Å². The number of nitrogens with two attached hydrogens (primary N) is 1. The smallest absolute Gasteiger partial charge is 0.324 e. The number of piperazine rings is 2. The quantitative estimate of drug-likeness (QED) is 0.298. The zero-order chi connectivity index (χ0) is 31.2. The molecule has 232 valence electrons. The highest BCUT2D eigenvalue weighted by Gasteiger charge is 2.31. The first-order valence-electron chi connectivity index (χ1n) is 15.5. The molecule has 2 saturated heterocycles. The van der Waals surface area contributed by atoms with Gasteiger partial charge in [-0.3, -0.25) is 14.6 Å². The molecule has 0 unspecified atom stereocenters. The van der Waals surface area contributed by atoms with Crippen molar-refractivity contribution in [3.05, 3.63) is 120 Å². The topological polar surface area (TPSA) is 94.4 Å². The lowest BCUT2D eigenvalue weighted by molar-refractivity contribution is 0.0736. The number of primary amides is 1. The number of anilines is 3. The Hall–Kier alpha value is -4.86. The number of hydrogen-bond acceptors (Lipinski definition) is 6. The Morgan fingerprint density at radius 1 is 0.756 bits per heavy atom. The molecule has 4 aromatic rings. The average Bonchev–Trinajstić information content (AvgIpc) is 3.10. The van der Waals surface area contributed by atoms with Crippen LogP contribution in [-0.2, 0) is 0 Å². The molecule has 6 rings (SSSR count). The van der Waals surface area contributed by atoms with Crippen molar-refractivity contribution in [2.75, 3.05) is 69.3 Å². The summed E-state index contributed by atoms with van der Waals surface area (Å²) in [4.78, 5) is 34.9. The maximum absolute atomic E-state index is 13.6. The van der Waals surface area contributed by atoms with Gasteiger partial charge in [0, 0.05) is 57.9 Å². The highest BCUT2D eigenvalue weighted by Crippen LogP contribution is 2.40. The van der Waals surface area contributed by atoms with Gasteiger partial charge in [0.2, 0.25) is 0 Å². The summed E-state index contributed by atoms with van der Waals surface area (Å²) in [5.74, 6) is 0.451. The fourth-order valence-corrected chi connectivity index (χ4v) is 6.44. The molecule has 4 aromatic carbocycles. The summed E-state index contributed by atoms with van der Waals surface area (Å²) in [6.07, 6.45) is 0. The lowest BCUT2D eigenvalue weighted by atomic mass is 9.96. The number of rotatable bonds is 8. The largest absolute Gasteiger partial charge is 0.495 e. The summed E-state index contributed by atoms with van der Waals surface area (Å²) in [6.45, 7) is 5.84. The first-order chi connectivity index (χ1) is 22.0. The van der Waals surface area contributed by atoms with E-state index in [1.165, 1.54) is 16.0 Å². The number of ether oxygens (including phenoxy) is 1. The summed E-state index contributed by atoms with van der Waals surface area (Å²) < 4.78 is 5.63. The van der Waals surface area contributed by atoms with Crippen LogP contribution < -0.4 is 25.6 Å². The second kappa shape index (κ2) is 13.8. The molecule has 0 radical (unpaired) electrons. The molecule has 3 N–H and O–H groups in total. The minimum absolute atomic E-state index is 0.0628. The Morgan fingerprint density at radius 3 is 1.96 bits per heavy atom. The Morgan fingerprint density at radius 2 is 1.36 bits per heavy atom. The SMILES string of the molecule is COc1ccccc1N(C(N)=O)c1cc(C(=O)N2CCNCC2)ccc1N1CCN(C(c2ccccc2)c2ccccc2)CC1. The van der Waals surface area contributed by atoms with Gasteiger partial charge in [0.1, 0.15) is 5.75 Å². The maximum Gasteiger partial charge on any atom is 0.324 e. The molecule has 3 amide bonds. The van der Waals surface area contributed by atoms with Crippen LogP contribution in [0.2, 0.25) is 0 Å². The summed E-state index contributed by atoms with van der Waals surface area (Å²) in [6, 6.07) is 33.6. The first kappa shape index (κ1) is 30.2. The normalized spacial score (nSPS) is 15.6. The van der Waals surface area contributed by atoms with E-state index in [9.17, 15) is 9.59 Å². The second-order valence-electron chi connectivity index (χ2n) is 11.3. The average molecular weight is 605 g/mol. The molecule has 2 fully saturated rings. The van der Waals surface area contributed by atoms with Crippen molar-refractivity contribution in [3.8, 4) is 5.75 Å². The lowest BCUT2D eigenvalue weighted by Gasteiger charge is -2.42. The van der Waals surface area contributed by atoms with Gasteiger partial charge in [0.05, 0.1) is 30.2 Å². The molecular weight excluding hydrogens is 564 g/mol. The number of nitrogens with zero attached hydrogens (tertiary/aromatic N) is 4. The highest BCUT2D eigenvalue weighted by molar-refractivity contribution is 6.05. The number of methoxy groups -OCH3 is 1. The van der Waals surface area contributed by atoms with E-state index in [0.717, 1.165) is 45.0 Å². The number of urea groups is 1. The van der Waals surface area contributed by atoms with Gasteiger partial charge in [-0.2, -0.15) is 0 Å². The van der Waals surface area contributed by atoms with Crippen molar-refractivity contribution in [2.45, 2.75) is 6.04 Å². The van der Waals surface area contributed by atoms with Crippen LogP contribution in [0.1, 0.15) is 27.5 Å². The van der Waals surface area contributed by atoms with E-state index in [4.69, 9.17) is 10.5 Å². The molecule has 2 heterocycles. The van der Waals surface area contributed by atoms with E-state index >= 15 is 0 Å². The third-order valence-corrected chi connectivity index (χ3v) is 8.66. The predicted molar refractivity (Wildman–Crippen MR) is 178 cm³/mol. The van der Waals surface area contributed by atoms with Gasteiger partial charge in [0.15, 0.2) is 0 Å². The number of carbonyl (C=O) groups excluding carboxylic acids is 2. The zero-order valence-corrected chi connectivity index (χ0v) is 25.6. The minimum atomic E-state index is -0.653. The Kier molecular flexibility index (Phi) is 9.28. The first-order valence-corrected chi connectivity index (χ1v) is 15.5. The van der Waals surface area contributed by atoms with Crippen molar-refractivity contribution in [2.24, 2.45) is 5.73 Å². The van der Waals surface area contributed by atoms with Gasteiger partial charge >= 0.3 is 6.03 Å². The van der Waals surface area contributed by atoms with Gasteiger partial charge in [-0.05, 0) is 41.5 Å². The maximum atomic E-state index is 13.6. The van der Waals surface area contributed by atoms with E-state index in [1.54, 1.807) is 25.3 Å². The summed E-state index contributed by atoms with van der Waals surface area (Å²) in [5.41, 5.74) is 11.0. The van der Waals surface area contributed by atoms with Gasteiger partial charge in [-0.1, -0.05) is 72.8 Å². The van der Waals surface area contributed by atoms with Crippen LogP contribution >= 0.6 is 0 Å². The summed E-state index contributed by atoms with van der Waals surface area (Å²) >= 11 is 0. The van der Waals surface area contributed by atoms with Crippen molar-refractivity contribution >= 4 is 29.0 Å². The van der Waals surface area contributed by atoms with E-state index in [-0.39, 0.29) is 11.9 Å². The molecule has 45 heavy (non-hydrogen) atoms. The van der Waals surface area contributed by atoms with Crippen LogP contribution in [-0.4, -0.2) is 81.2 Å². The molecule has 2 aliphatic rings. The predicted octanol–water partition coefficient (Wildman–Crippen LogP) is 4.87. The number of hydrogen-bond donors (Lipinski definition) is 2.